The molecule has 26 heavy (non-hydrogen) atoms. The van der Waals surface area contributed by atoms with Crippen molar-refractivity contribution in [3.05, 3.63) is 36.3 Å². The third-order valence-corrected chi connectivity index (χ3v) is 5.22. The third kappa shape index (κ3) is 4.03. The van der Waals surface area contributed by atoms with Crippen LogP contribution in [-0.4, -0.2) is 42.3 Å². The zero-order valence-corrected chi connectivity index (χ0v) is 16.0. The van der Waals surface area contributed by atoms with Crippen LogP contribution in [0.15, 0.2) is 30.6 Å². The zero-order valence-electron chi connectivity index (χ0n) is 15.1. The topological polar surface area (TPSA) is 103 Å². The van der Waals surface area contributed by atoms with Crippen molar-refractivity contribution in [1.29, 1.82) is 0 Å². The number of para-hydroxylation sites is 1. The van der Waals surface area contributed by atoms with Crippen LogP contribution in [0.1, 0.15) is 31.4 Å². The van der Waals surface area contributed by atoms with E-state index in [9.17, 15) is 8.42 Å². The number of hydrogen-bond donors (Lipinski definition) is 2. The number of unbranched alkanes of at least 4 members (excludes halogenated alkanes) is 1. The number of fused-ring (bicyclic) bond motifs is 3. The first-order chi connectivity index (χ1) is 12.4. The second-order valence-electron chi connectivity index (χ2n) is 6.66. The molecule has 0 aliphatic heterocycles. The number of sulfonamides is 1. The fourth-order valence-electron chi connectivity index (χ4n) is 3.10. The van der Waals surface area contributed by atoms with Gasteiger partial charge in [-0.25, -0.2) is 18.1 Å². The Morgan fingerprint density at radius 3 is 2.77 bits per heavy atom. The van der Waals surface area contributed by atoms with Crippen molar-refractivity contribution in [2.75, 3.05) is 19.3 Å². The van der Waals surface area contributed by atoms with Crippen molar-refractivity contribution >= 4 is 32.0 Å². The maximum atomic E-state index is 11.1. The summed E-state index contributed by atoms with van der Waals surface area (Å²) in [5, 5.41) is 1.07. The maximum Gasteiger partial charge on any atom is 0.208 e. The highest BCUT2D eigenvalue weighted by atomic mass is 32.2. The number of aryl methyl sites for hydroxylation is 1. The van der Waals surface area contributed by atoms with Gasteiger partial charge in [0.25, 0.3) is 0 Å². The van der Waals surface area contributed by atoms with E-state index in [0.717, 1.165) is 47.0 Å². The molecule has 0 amide bonds. The molecule has 0 saturated heterocycles. The normalized spacial score (nSPS) is 13.5. The Kier molecular flexibility index (Phi) is 5.55. The number of pyridine rings is 1. The molecule has 2 heterocycles. The fourth-order valence-corrected chi connectivity index (χ4v) is 3.61. The van der Waals surface area contributed by atoms with Crippen molar-refractivity contribution in [3.8, 4) is 0 Å². The summed E-state index contributed by atoms with van der Waals surface area (Å²) >= 11 is 0. The molecule has 2 aromatic heterocycles. The predicted molar refractivity (Wildman–Crippen MR) is 105 cm³/mol. The molecular weight excluding hydrogens is 350 g/mol. The van der Waals surface area contributed by atoms with Gasteiger partial charge in [-0.15, -0.1) is 0 Å². The number of nitrogens with one attached hydrogen (secondary N) is 1. The Bertz CT molecular complexity index is 1010. The Balaban J connectivity index is 1.90. The summed E-state index contributed by atoms with van der Waals surface area (Å²) in [7, 11) is -3.13. The Morgan fingerprint density at radius 2 is 2.04 bits per heavy atom. The van der Waals surface area contributed by atoms with Gasteiger partial charge in [0.2, 0.25) is 10.0 Å². The number of imidazole rings is 1. The second-order valence-corrected chi connectivity index (χ2v) is 8.49. The highest BCUT2D eigenvalue weighted by Crippen LogP contribution is 2.29. The average molecular weight is 375 g/mol. The molecule has 0 aliphatic carbocycles. The molecule has 1 atom stereocenters. The maximum absolute atomic E-state index is 11.1. The molecule has 3 aromatic rings. The molecule has 8 heteroatoms. The van der Waals surface area contributed by atoms with Crippen LogP contribution in [0.4, 0.5) is 0 Å². The molecule has 3 rings (SSSR count). The van der Waals surface area contributed by atoms with E-state index < -0.39 is 10.0 Å². The first-order valence-corrected chi connectivity index (χ1v) is 10.7. The molecule has 0 bridgehead atoms. The largest absolute Gasteiger partial charge is 0.330 e. The van der Waals surface area contributed by atoms with Gasteiger partial charge in [-0.3, -0.25) is 4.98 Å². The van der Waals surface area contributed by atoms with Gasteiger partial charge in [0, 0.05) is 30.9 Å². The van der Waals surface area contributed by atoms with Crippen molar-refractivity contribution in [2.24, 2.45) is 5.73 Å². The van der Waals surface area contributed by atoms with E-state index in [1.807, 2.05) is 24.5 Å². The first-order valence-electron chi connectivity index (χ1n) is 8.79. The number of nitrogens with two attached hydrogens (primary N) is 1. The van der Waals surface area contributed by atoms with Gasteiger partial charge in [-0.05, 0) is 18.9 Å². The van der Waals surface area contributed by atoms with E-state index in [4.69, 9.17) is 10.7 Å². The minimum Gasteiger partial charge on any atom is -0.330 e. The van der Waals surface area contributed by atoms with Gasteiger partial charge in [0.1, 0.15) is 5.52 Å². The van der Waals surface area contributed by atoms with Crippen molar-refractivity contribution in [3.63, 3.8) is 0 Å². The summed E-state index contributed by atoms with van der Waals surface area (Å²) in [6.07, 6.45) is 4.64. The van der Waals surface area contributed by atoms with Crippen LogP contribution in [0.5, 0.6) is 0 Å². The standard InChI is InChI=1S/C18H25N5O2S/c1-13(11-19)16-17-18(14-7-3-4-8-15(14)22-16)23(12-20-17)10-6-5-9-21-26(2,24)25/h3-4,7-8,12-13,21H,5-6,9-11,19H2,1-2H3. The second kappa shape index (κ2) is 7.69. The first kappa shape index (κ1) is 18.8. The van der Waals surface area contributed by atoms with E-state index >= 15 is 0 Å². The molecule has 1 aromatic carbocycles. The van der Waals surface area contributed by atoms with Crippen molar-refractivity contribution in [2.45, 2.75) is 32.2 Å². The Morgan fingerprint density at radius 1 is 1.27 bits per heavy atom. The number of rotatable bonds is 8. The number of benzene rings is 1. The summed E-state index contributed by atoms with van der Waals surface area (Å²) in [6.45, 7) is 3.80. The lowest BCUT2D eigenvalue weighted by molar-refractivity contribution is 0.573. The lowest BCUT2D eigenvalue weighted by Crippen LogP contribution is -2.23. The van der Waals surface area contributed by atoms with E-state index in [-0.39, 0.29) is 5.92 Å². The molecule has 7 nitrogen and oxygen atoms in total. The minimum atomic E-state index is -3.13. The van der Waals surface area contributed by atoms with E-state index in [2.05, 4.69) is 27.3 Å². The smallest absolute Gasteiger partial charge is 0.208 e. The third-order valence-electron chi connectivity index (χ3n) is 4.49. The van der Waals surface area contributed by atoms with Crippen LogP contribution < -0.4 is 10.5 Å². The van der Waals surface area contributed by atoms with Crippen LogP contribution in [0, 0.1) is 0 Å². The fraction of sp³-hybridized carbons (Fsp3) is 0.444. The molecule has 0 spiro atoms. The molecule has 0 fully saturated rings. The van der Waals surface area contributed by atoms with Crippen molar-refractivity contribution < 1.29 is 8.42 Å². The predicted octanol–water partition coefficient (Wildman–Crippen LogP) is 1.98. The van der Waals surface area contributed by atoms with Gasteiger partial charge in [0.15, 0.2) is 0 Å². The summed E-state index contributed by atoms with van der Waals surface area (Å²) in [5.74, 6) is 0.129. The monoisotopic (exact) mass is 375 g/mol. The molecule has 0 saturated carbocycles. The molecular formula is C18H25N5O2S. The highest BCUT2D eigenvalue weighted by Gasteiger charge is 2.17. The van der Waals surface area contributed by atoms with Crippen LogP contribution in [-0.2, 0) is 16.6 Å². The summed E-state index contributed by atoms with van der Waals surface area (Å²) in [6, 6.07) is 8.05. The molecule has 1 unspecified atom stereocenters. The number of nitrogens with zero attached hydrogens (tertiary/aromatic N) is 3. The van der Waals surface area contributed by atoms with Gasteiger partial charge >= 0.3 is 0 Å². The van der Waals surface area contributed by atoms with Gasteiger partial charge in [-0.2, -0.15) is 0 Å². The van der Waals surface area contributed by atoms with Crippen LogP contribution in [0.25, 0.3) is 21.9 Å². The zero-order chi connectivity index (χ0) is 18.7. The van der Waals surface area contributed by atoms with Crippen molar-refractivity contribution in [1.82, 2.24) is 19.3 Å². The van der Waals surface area contributed by atoms with Crippen LogP contribution >= 0.6 is 0 Å². The number of aromatic nitrogens is 3. The van der Waals surface area contributed by atoms with Crippen LogP contribution in [0.2, 0.25) is 0 Å². The average Bonchev–Trinajstić information content (AvgIpc) is 3.03. The van der Waals surface area contributed by atoms with Gasteiger partial charge in [-0.1, -0.05) is 25.1 Å². The van der Waals surface area contributed by atoms with Crippen LogP contribution in [0.3, 0.4) is 0 Å². The SMILES string of the molecule is CC(CN)c1nc2ccccc2c2c1ncn2CCCCNS(C)(=O)=O. The van der Waals surface area contributed by atoms with Gasteiger partial charge in [0.05, 0.1) is 29.3 Å². The summed E-state index contributed by atoms with van der Waals surface area (Å²) in [5.41, 5.74) is 9.70. The molecule has 0 aliphatic rings. The molecule has 140 valence electrons. The Labute approximate surface area is 153 Å². The lowest BCUT2D eigenvalue weighted by Gasteiger charge is -2.12. The number of hydrogen-bond acceptors (Lipinski definition) is 5. The van der Waals surface area contributed by atoms with E-state index in [1.165, 1.54) is 6.26 Å². The molecule has 0 radical (unpaired) electrons. The minimum absolute atomic E-state index is 0.129. The lowest BCUT2D eigenvalue weighted by atomic mass is 10.0. The molecule has 3 N–H and O–H groups in total. The highest BCUT2D eigenvalue weighted by molar-refractivity contribution is 7.88. The Hall–Kier alpha value is -2.03. The van der Waals surface area contributed by atoms with E-state index in [1.54, 1.807) is 0 Å². The summed E-state index contributed by atoms with van der Waals surface area (Å²) in [4.78, 5) is 9.40. The van der Waals surface area contributed by atoms with Gasteiger partial charge < -0.3 is 10.3 Å². The summed E-state index contributed by atoms with van der Waals surface area (Å²) < 4.78 is 26.9. The quantitative estimate of drug-likeness (QED) is 0.586. The van der Waals surface area contributed by atoms with E-state index in [0.29, 0.717) is 13.1 Å².